The van der Waals surface area contributed by atoms with Crippen LogP contribution in [0.5, 0.6) is 5.75 Å². The van der Waals surface area contributed by atoms with Crippen LogP contribution < -0.4 is 10.1 Å². The molecule has 6 nitrogen and oxygen atoms in total. The summed E-state index contributed by atoms with van der Waals surface area (Å²) in [6, 6.07) is 11.5. The fraction of sp³-hybridized carbons (Fsp3) is 0.409. The molecule has 0 fully saturated rings. The third kappa shape index (κ3) is 6.30. The van der Waals surface area contributed by atoms with Gasteiger partial charge in [0.05, 0.1) is 17.1 Å². The number of ether oxygens (including phenoxy) is 1. The second kappa shape index (κ2) is 10.9. The molecule has 164 valence electrons. The Morgan fingerprint density at radius 1 is 1.10 bits per heavy atom. The number of nitrogens with one attached hydrogen (secondary N) is 1. The van der Waals surface area contributed by atoms with E-state index in [-0.39, 0.29) is 10.8 Å². The fourth-order valence-electron chi connectivity index (χ4n) is 2.83. The summed E-state index contributed by atoms with van der Waals surface area (Å²) in [4.78, 5) is 13.0. The standard InChI is InChI=1S/C22H29BrN2O4S/c1-5-25(6-2)30(27,28)19-10-8-18(9-11-19)24-22(26)20-15-17(23)7-12-21(20)29-14-13-16(3)4/h7-12,15-16H,5-6,13-14H2,1-4H3,(H,24,26). The molecule has 8 heteroatoms. The molecule has 0 spiro atoms. The highest BCUT2D eigenvalue weighted by atomic mass is 79.9. The molecule has 0 aliphatic carbocycles. The van der Waals surface area contributed by atoms with Crippen LogP contribution in [0.2, 0.25) is 0 Å². The van der Waals surface area contributed by atoms with E-state index in [1.165, 1.54) is 16.4 Å². The second-order valence-electron chi connectivity index (χ2n) is 7.24. The maximum absolute atomic E-state index is 12.8. The van der Waals surface area contributed by atoms with Gasteiger partial charge in [0, 0.05) is 23.2 Å². The number of halogens is 1. The van der Waals surface area contributed by atoms with Crippen LogP contribution in [0.3, 0.4) is 0 Å². The molecule has 0 saturated carbocycles. The number of carbonyl (C=O) groups is 1. The topological polar surface area (TPSA) is 75.7 Å². The van der Waals surface area contributed by atoms with Crippen molar-refractivity contribution in [2.45, 2.75) is 39.0 Å². The number of carbonyl (C=O) groups excluding carboxylic acids is 1. The van der Waals surface area contributed by atoms with Crippen molar-refractivity contribution in [1.29, 1.82) is 0 Å². The number of amides is 1. The van der Waals surface area contributed by atoms with E-state index in [4.69, 9.17) is 4.74 Å². The molecule has 2 aromatic carbocycles. The molecule has 0 bridgehead atoms. The van der Waals surface area contributed by atoms with Crippen molar-refractivity contribution in [3.63, 3.8) is 0 Å². The molecule has 0 aromatic heterocycles. The number of benzene rings is 2. The summed E-state index contributed by atoms with van der Waals surface area (Å²) in [6.07, 6.45) is 0.888. The Balaban J connectivity index is 2.17. The van der Waals surface area contributed by atoms with E-state index in [1.54, 1.807) is 38.1 Å². The van der Waals surface area contributed by atoms with Crippen molar-refractivity contribution in [3.05, 3.63) is 52.5 Å². The number of anilines is 1. The number of nitrogens with zero attached hydrogens (tertiary/aromatic N) is 1. The lowest BCUT2D eigenvalue weighted by atomic mass is 10.1. The number of rotatable bonds is 10. The van der Waals surface area contributed by atoms with Gasteiger partial charge in [0.15, 0.2) is 0 Å². The highest BCUT2D eigenvalue weighted by Gasteiger charge is 2.21. The Bertz CT molecular complexity index is 956. The number of sulfonamides is 1. The predicted molar refractivity (Wildman–Crippen MR) is 124 cm³/mol. The normalized spacial score (nSPS) is 11.7. The Labute approximate surface area is 187 Å². The smallest absolute Gasteiger partial charge is 0.259 e. The van der Waals surface area contributed by atoms with Gasteiger partial charge in [-0.2, -0.15) is 4.31 Å². The van der Waals surface area contributed by atoms with Gasteiger partial charge in [-0.05, 0) is 54.8 Å². The van der Waals surface area contributed by atoms with E-state index in [0.717, 1.165) is 10.9 Å². The first kappa shape index (κ1) is 24.4. The van der Waals surface area contributed by atoms with Gasteiger partial charge in [-0.15, -0.1) is 0 Å². The zero-order valence-corrected chi connectivity index (χ0v) is 20.2. The van der Waals surface area contributed by atoms with E-state index in [9.17, 15) is 13.2 Å². The molecule has 0 aliphatic heterocycles. The SMILES string of the molecule is CCN(CC)S(=O)(=O)c1ccc(NC(=O)c2cc(Br)ccc2OCCC(C)C)cc1. The lowest BCUT2D eigenvalue weighted by Crippen LogP contribution is -2.30. The second-order valence-corrected chi connectivity index (χ2v) is 10.1. The van der Waals surface area contributed by atoms with Crippen LogP contribution in [0.25, 0.3) is 0 Å². The lowest BCUT2D eigenvalue weighted by molar-refractivity contribution is 0.102. The monoisotopic (exact) mass is 496 g/mol. The Morgan fingerprint density at radius 3 is 2.30 bits per heavy atom. The maximum atomic E-state index is 12.8. The van der Waals surface area contributed by atoms with Gasteiger partial charge in [-0.1, -0.05) is 43.6 Å². The molecule has 0 radical (unpaired) electrons. The Morgan fingerprint density at radius 2 is 1.73 bits per heavy atom. The van der Waals surface area contributed by atoms with Crippen LogP contribution in [-0.4, -0.2) is 38.3 Å². The third-order valence-electron chi connectivity index (χ3n) is 4.59. The highest BCUT2D eigenvalue weighted by molar-refractivity contribution is 9.10. The van der Waals surface area contributed by atoms with Crippen molar-refractivity contribution in [3.8, 4) is 5.75 Å². The minimum absolute atomic E-state index is 0.198. The van der Waals surface area contributed by atoms with Crippen molar-refractivity contribution in [2.75, 3.05) is 25.0 Å². The summed E-state index contributed by atoms with van der Waals surface area (Å²) in [6.45, 7) is 9.16. The lowest BCUT2D eigenvalue weighted by Gasteiger charge is -2.18. The first-order valence-electron chi connectivity index (χ1n) is 10.0. The minimum atomic E-state index is -3.53. The molecule has 1 amide bonds. The van der Waals surface area contributed by atoms with Gasteiger partial charge in [-0.25, -0.2) is 8.42 Å². The molecule has 30 heavy (non-hydrogen) atoms. The molecule has 0 aliphatic rings. The van der Waals surface area contributed by atoms with Gasteiger partial charge >= 0.3 is 0 Å². The minimum Gasteiger partial charge on any atom is -0.493 e. The zero-order valence-electron chi connectivity index (χ0n) is 17.8. The molecular weight excluding hydrogens is 468 g/mol. The summed E-state index contributed by atoms with van der Waals surface area (Å²) in [5.41, 5.74) is 0.916. The quantitative estimate of drug-likeness (QED) is 0.492. The molecule has 2 aromatic rings. The first-order valence-corrected chi connectivity index (χ1v) is 12.3. The Kier molecular flexibility index (Phi) is 8.88. The van der Waals surface area contributed by atoms with Crippen LogP contribution in [0.4, 0.5) is 5.69 Å². The van der Waals surface area contributed by atoms with E-state index in [1.807, 2.05) is 6.07 Å². The molecule has 0 saturated heterocycles. The van der Waals surface area contributed by atoms with E-state index >= 15 is 0 Å². The Hall–Kier alpha value is -1.90. The molecular formula is C22H29BrN2O4S. The van der Waals surface area contributed by atoms with Crippen LogP contribution in [0, 0.1) is 5.92 Å². The van der Waals surface area contributed by atoms with Crippen molar-refractivity contribution in [2.24, 2.45) is 5.92 Å². The number of hydrogen-bond acceptors (Lipinski definition) is 4. The first-order chi connectivity index (χ1) is 14.2. The van der Waals surface area contributed by atoms with Gasteiger partial charge in [0.25, 0.3) is 5.91 Å². The average molecular weight is 497 g/mol. The molecule has 0 heterocycles. The van der Waals surface area contributed by atoms with E-state index < -0.39 is 10.0 Å². The van der Waals surface area contributed by atoms with Crippen molar-refractivity contribution < 1.29 is 17.9 Å². The summed E-state index contributed by atoms with van der Waals surface area (Å²) in [5.74, 6) is 0.691. The summed E-state index contributed by atoms with van der Waals surface area (Å²) < 4.78 is 33.2. The molecule has 2 rings (SSSR count). The largest absolute Gasteiger partial charge is 0.493 e. The molecule has 0 unspecified atom stereocenters. The van der Waals surface area contributed by atoms with E-state index in [2.05, 4.69) is 35.1 Å². The van der Waals surface area contributed by atoms with Crippen LogP contribution >= 0.6 is 15.9 Å². The van der Waals surface area contributed by atoms with Crippen LogP contribution in [0.1, 0.15) is 44.5 Å². The van der Waals surface area contributed by atoms with Crippen molar-refractivity contribution in [1.82, 2.24) is 4.31 Å². The summed E-state index contributed by atoms with van der Waals surface area (Å²) in [5, 5.41) is 2.81. The predicted octanol–water partition coefficient (Wildman–Crippen LogP) is 5.16. The fourth-order valence-corrected chi connectivity index (χ4v) is 4.65. The van der Waals surface area contributed by atoms with Crippen LogP contribution in [-0.2, 0) is 10.0 Å². The average Bonchev–Trinajstić information content (AvgIpc) is 2.70. The van der Waals surface area contributed by atoms with Gasteiger partial charge in [0.2, 0.25) is 10.0 Å². The zero-order chi connectivity index (χ0) is 22.3. The van der Waals surface area contributed by atoms with Crippen molar-refractivity contribution >= 4 is 37.5 Å². The van der Waals surface area contributed by atoms with Crippen LogP contribution in [0.15, 0.2) is 51.8 Å². The summed E-state index contributed by atoms with van der Waals surface area (Å²) >= 11 is 3.39. The molecule has 0 atom stereocenters. The van der Waals surface area contributed by atoms with Gasteiger partial charge in [0.1, 0.15) is 5.75 Å². The summed E-state index contributed by atoms with van der Waals surface area (Å²) in [7, 11) is -3.53. The van der Waals surface area contributed by atoms with Gasteiger partial charge < -0.3 is 10.1 Å². The third-order valence-corrected chi connectivity index (χ3v) is 7.15. The van der Waals surface area contributed by atoms with E-state index in [0.29, 0.717) is 42.6 Å². The number of hydrogen-bond donors (Lipinski definition) is 1. The molecule has 1 N–H and O–H groups in total. The van der Waals surface area contributed by atoms with Gasteiger partial charge in [-0.3, -0.25) is 4.79 Å². The highest BCUT2D eigenvalue weighted by Crippen LogP contribution is 2.25. The maximum Gasteiger partial charge on any atom is 0.259 e.